The SMILES string of the molecule is Cc1ccc(C(=O)OCC(=O)NC(=O)NC(C)(C)C)cc1S(=O)(=O)N1CCCCC1. The second-order valence-electron chi connectivity index (χ2n) is 8.27. The summed E-state index contributed by atoms with van der Waals surface area (Å²) in [7, 11) is -3.72. The molecular weight excluding hydrogens is 410 g/mol. The Morgan fingerprint density at radius 2 is 1.73 bits per heavy atom. The fraction of sp³-hybridized carbons (Fsp3) is 0.550. The van der Waals surface area contributed by atoms with E-state index >= 15 is 0 Å². The standard InChI is InChI=1S/C20H29N3O6S/c1-14-8-9-15(12-16(14)30(27,28)23-10-6-5-7-11-23)18(25)29-13-17(24)21-19(26)22-20(2,3)4/h8-9,12H,5-7,10-11,13H2,1-4H3,(H2,21,22,24,26). The molecule has 0 aromatic heterocycles. The number of nitrogens with one attached hydrogen (secondary N) is 2. The lowest BCUT2D eigenvalue weighted by Gasteiger charge is -2.26. The normalized spacial score (nSPS) is 15.3. The van der Waals surface area contributed by atoms with Crippen LogP contribution < -0.4 is 10.6 Å². The molecule has 0 unspecified atom stereocenters. The van der Waals surface area contributed by atoms with Crippen LogP contribution in [0.4, 0.5) is 4.79 Å². The lowest BCUT2D eigenvalue weighted by atomic mass is 10.1. The third-order valence-electron chi connectivity index (χ3n) is 4.43. The molecule has 1 aromatic carbocycles. The second-order valence-corrected chi connectivity index (χ2v) is 10.2. The zero-order valence-electron chi connectivity index (χ0n) is 17.8. The van der Waals surface area contributed by atoms with Crippen LogP contribution in [0.1, 0.15) is 56.0 Å². The number of benzene rings is 1. The maximum absolute atomic E-state index is 12.9. The molecule has 1 aliphatic heterocycles. The van der Waals surface area contributed by atoms with E-state index in [2.05, 4.69) is 10.6 Å². The third-order valence-corrected chi connectivity index (χ3v) is 6.47. The molecule has 1 aliphatic rings. The van der Waals surface area contributed by atoms with Gasteiger partial charge in [-0.3, -0.25) is 10.1 Å². The lowest BCUT2D eigenvalue weighted by molar-refractivity contribution is -0.123. The maximum Gasteiger partial charge on any atom is 0.338 e. The largest absolute Gasteiger partial charge is 0.452 e. The van der Waals surface area contributed by atoms with Crippen LogP contribution in [0.2, 0.25) is 0 Å². The summed E-state index contributed by atoms with van der Waals surface area (Å²) in [6.45, 7) is 7.16. The van der Waals surface area contributed by atoms with Crippen LogP contribution in [0.3, 0.4) is 0 Å². The van der Waals surface area contributed by atoms with Gasteiger partial charge in [-0.1, -0.05) is 12.5 Å². The molecule has 3 amide bonds. The zero-order valence-corrected chi connectivity index (χ0v) is 18.6. The number of hydrogen-bond donors (Lipinski definition) is 2. The highest BCUT2D eigenvalue weighted by molar-refractivity contribution is 7.89. The highest BCUT2D eigenvalue weighted by atomic mass is 32.2. The lowest BCUT2D eigenvalue weighted by Crippen LogP contribution is -2.49. The highest BCUT2D eigenvalue weighted by Gasteiger charge is 2.28. The van der Waals surface area contributed by atoms with E-state index in [-0.39, 0.29) is 10.5 Å². The van der Waals surface area contributed by atoms with Crippen LogP contribution in [0.25, 0.3) is 0 Å². The number of imide groups is 1. The molecule has 0 spiro atoms. The maximum atomic E-state index is 12.9. The van der Waals surface area contributed by atoms with Crippen LogP contribution in [0.5, 0.6) is 0 Å². The smallest absolute Gasteiger partial charge is 0.338 e. The number of amides is 3. The molecule has 0 atom stereocenters. The number of rotatable bonds is 5. The first kappa shape index (κ1) is 23.8. The van der Waals surface area contributed by atoms with Crippen LogP contribution in [-0.2, 0) is 19.6 Å². The number of ether oxygens (including phenoxy) is 1. The van der Waals surface area contributed by atoms with Crippen molar-refractivity contribution in [1.82, 2.24) is 14.9 Å². The molecule has 9 nitrogen and oxygen atoms in total. The predicted octanol–water partition coefficient (Wildman–Crippen LogP) is 1.95. The van der Waals surface area contributed by atoms with Crippen LogP contribution >= 0.6 is 0 Å². The van der Waals surface area contributed by atoms with Gasteiger partial charge in [0.25, 0.3) is 5.91 Å². The van der Waals surface area contributed by atoms with Gasteiger partial charge in [-0.05, 0) is 58.2 Å². The summed E-state index contributed by atoms with van der Waals surface area (Å²) in [4.78, 5) is 35.9. The molecule has 2 rings (SSSR count). The number of hydrogen-bond acceptors (Lipinski definition) is 6. The Morgan fingerprint density at radius 3 is 2.33 bits per heavy atom. The van der Waals surface area contributed by atoms with Crippen molar-refractivity contribution in [2.24, 2.45) is 0 Å². The van der Waals surface area contributed by atoms with Gasteiger partial charge in [-0.2, -0.15) is 4.31 Å². The summed E-state index contributed by atoms with van der Waals surface area (Å²) in [6, 6.07) is 3.54. The molecule has 1 heterocycles. The number of urea groups is 1. The molecule has 2 N–H and O–H groups in total. The number of sulfonamides is 1. The first-order valence-electron chi connectivity index (χ1n) is 9.80. The average Bonchev–Trinajstić information content (AvgIpc) is 2.65. The summed E-state index contributed by atoms with van der Waals surface area (Å²) in [5.74, 6) is -1.64. The number of esters is 1. The van der Waals surface area contributed by atoms with Crippen molar-refractivity contribution in [2.75, 3.05) is 19.7 Å². The van der Waals surface area contributed by atoms with Crippen LogP contribution in [0.15, 0.2) is 23.1 Å². The van der Waals surface area contributed by atoms with Crippen molar-refractivity contribution in [3.05, 3.63) is 29.3 Å². The Morgan fingerprint density at radius 1 is 1.10 bits per heavy atom. The Kier molecular flexibility index (Phi) is 7.59. The van der Waals surface area contributed by atoms with Crippen molar-refractivity contribution >= 4 is 27.9 Å². The van der Waals surface area contributed by atoms with E-state index in [4.69, 9.17) is 4.74 Å². The molecule has 1 fully saturated rings. The first-order chi connectivity index (χ1) is 13.9. The molecule has 1 saturated heterocycles. The van der Waals surface area contributed by atoms with E-state index < -0.39 is 40.1 Å². The van der Waals surface area contributed by atoms with E-state index in [0.717, 1.165) is 19.3 Å². The van der Waals surface area contributed by atoms with Gasteiger partial charge < -0.3 is 10.1 Å². The summed E-state index contributed by atoms with van der Waals surface area (Å²) in [5.41, 5.74) is 0.0102. The van der Waals surface area contributed by atoms with Crippen LogP contribution in [-0.4, -0.2) is 55.9 Å². The topological polar surface area (TPSA) is 122 Å². The van der Waals surface area contributed by atoms with Crippen molar-refractivity contribution in [1.29, 1.82) is 0 Å². The minimum Gasteiger partial charge on any atom is -0.452 e. The number of carbonyl (C=O) groups is 3. The Hall–Kier alpha value is -2.46. The first-order valence-corrected chi connectivity index (χ1v) is 11.2. The molecule has 0 bridgehead atoms. The molecule has 0 saturated carbocycles. The molecule has 1 aromatic rings. The summed E-state index contributed by atoms with van der Waals surface area (Å²) in [6.07, 6.45) is 2.60. The number of nitrogens with zero attached hydrogens (tertiary/aromatic N) is 1. The fourth-order valence-corrected chi connectivity index (χ4v) is 4.77. The summed E-state index contributed by atoms with van der Waals surface area (Å²) >= 11 is 0. The monoisotopic (exact) mass is 439 g/mol. The van der Waals surface area contributed by atoms with Gasteiger partial charge in [0.1, 0.15) is 0 Å². The van der Waals surface area contributed by atoms with Gasteiger partial charge in [-0.15, -0.1) is 0 Å². The second kappa shape index (κ2) is 9.57. The summed E-state index contributed by atoms with van der Waals surface area (Å²) in [5, 5.41) is 4.61. The van der Waals surface area contributed by atoms with E-state index in [9.17, 15) is 22.8 Å². The molecular formula is C20H29N3O6S. The molecule has 10 heteroatoms. The minimum absolute atomic E-state index is 0.0168. The van der Waals surface area contributed by atoms with Gasteiger partial charge in [0.2, 0.25) is 10.0 Å². The number of aryl methyl sites for hydroxylation is 1. The van der Waals surface area contributed by atoms with E-state index in [1.165, 1.54) is 22.5 Å². The Bertz CT molecular complexity index is 915. The van der Waals surface area contributed by atoms with Gasteiger partial charge in [0, 0.05) is 18.6 Å². The zero-order chi connectivity index (χ0) is 22.5. The molecule has 0 aliphatic carbocycles. The Balaban J connectivity index is 2.04. The van der Waals surface area contributed by atoms with Crippen LogP contribution in [0, 0.1) is 6.92 Å². The molecule has 30 heavy (non-hydrogen) atoms. The van der Waals surface area contributed by atoms with E-state index in [1.807, 2.05) is 0 Å². The number of piperidine rings is 1. The minimum atomic E-state index is -3.72. The van der Waals surface area contributed by atoms with Crippen molar-refractivity contribution < 1.29 is 27.5 Å². The third kappa shape index (κ3) is 6.53. The van der Waals surface area contributed by atoms with Gasteiger partial charge in [-0.25, -0.2) is 18.0 Å². The predicted molar refractivity (Wildman–Crippen MR) is 110 cm³/mol. The molecule has 166 valence electrons. The molecule has 0 radical (unpaired) electrons. The van der Waals surface area contributed by atoms with Crippen molar-refractivity contribution in [3.8, 4) is 0 Å². The van der Waals surface area contributed by atoms with Gasteiger partial charge in [0.05, 0.1) is 10.5 Å². The van der Waals surface area contributed by atoms with Gasteiger partial charge >= 0.3 is 12.0 Å². The van der Waals surface area contributed by atoms with Crippen molar-refractivity contribution in [3.63, 3.8) is 0 Å². The van der Waals surface area contributed by atoms with Gasteiger partial charge in [0.15, 0.2) is 6.61 Å². The number of carbonyl (C=O) groups excluding carboxylic acids is 3. The summed E-state index contributed by atoms with van der Waals surface area (Å²) < 4.78 is 32.3. The van der Waals surface area contributed by atoms with E-state index in [1.54, 1.807) is 27.7 Å². The van der Waals surface area contributed by atoms with Crippen molar-refractivity contribution in [2.45, 2.75) is 57.4 Å². The fourth-order valence-electron chi connectivity index (χ4n) is 3.00. The quantitative estimate of drug-likeness (QED) is 0.676. The van der Waals surface area contributed by atoms with E-state index in [0.29, 0.717) is 18.7 Å². The average molecular weight is 440 g/mol. The Labute approximate surface area is 177 Å². The highest BCUT2D eigenvalue weighted by Crippen LogP contribution is 2.24.